The fourth-order valence-corrected chi connectivity index (χ4v) is 2.02. The van der Waals surface area contributed by atoms with Crippen molar-refractivity contribution in [3.63, 3.8) is 0 Å². The highest BCUT2D eigenvalue weighted by Crippen LogP contribution is 2.30. The first-order valence-electron chi connectivity index (χ1n) is 7.92. The Bertz CT molecular complexity index is 820. The predicted molar refractivity (Wildman–Crippen MR) is 89.6 cm³/mol. The van der Waals surface area contributed by atoms with Crippen LogP contribution in [0.4, 0.5) is 13.2 Å². The van der Waals surface area contributed by atoms with Gasteiger partial charge >= 0.3 is 12.1 Å². The van der Waals surface area contributed by atoms with E-state index in [9.17, 15) is 27.9 Å². The maximum atomic E-state index is 12.5. The van der Waals surface area contributed by atoms with E-state index in [2.05, 4.69) is 10.3 Å². The van der Waals surface area contributed by atoms with Crippen LogP contribution in [0.5, 0.6) is 11.6 Å². The minimum atomic E-state index is -4.48. The van der Waals surface area contributed by atoms with E-state index in [1.165, 1.54) is 31.2 Å². The first-order chi connectivity index (χ1) is 12.5. The Morgan fingerprint density at radius 1 is 1.15 bits per heavy atom. The highest BCUT2D eigenvalue weighted by Gasteiger charge is 2.33. The predicted octanol–water partition coefficient (Wildman–Crippen LogP) is 3.88. The SMILES string of the molecule is CCC(C)(NC(=O)c1ccc(Oc2ccc(C(F)(F)F)cn2)cc1)C(=O)O. The third-order valence-electron chi connectivity index (χ3n) is 3.97. The zero-order valence-electron chi connectivity index (χ0n) is 14.5. The van der Waals surface area contributed by atoms with Gasteiger partial charge in [0, 0.05) is 17.8 Å². The first-order valence-corrected chi connectivity index (χ1v) is 7.92. The van der Waals surface area contributed by atoms with E-state index in [4.69, 9.17) is 4.74 Å². The number of carbonyl (C=O) groups excluding carboxylic acids is 1. The third kappa shape index (κ3) is 4.96. The summed E-state index contributed by atoms with van der Waals surface area (Å²) in [5.41, 5.74) is -2.07. The minimum absolute atomic E-state index is 0.0374. The molecule has 0 fully saturated rings. The minimum Gasteiger partial charge on any atom is -0.480 e. The second kappa shape index (κ2) is 7.65. The van der Waals surface area contributed by atoms with Crippen LogP contribution < -0.4 is 10.1 Å². The maximum Gasteiger partial charge on any atom is 0.417 e. The van der Waals surface area contributed by atoms with Crippen molar-refractivity contribution in [2.24, 2.45) is 0 Å². The van der Waals surface area contributed by atoms with Gasteiger partial charge in [-0.3, -0.25) is 4.79 Å². The van der Waals surface area contributed by atoms with Gasteiger partial charge in [-0.2, -0.15) is 13.2 Å². The number of aliphatic carboxylic acids is 1. The van der Waals surface area contributed by atoms with Gasteiger partial charge in [0.15, 0.2) is 0 Å². The van der Waals surface area contributed by atoms with Crippen molar-refractivity contribution in [3.05, 3.63) is 53.7 Å². The summed E-state index contributed by atoms with van der Waals surface area (Å²) < 4.78 is 42.8. The molecule has 0 radical (unpaired) electrons. The summed E-state index contributed by atoms with van der Waals surface area (Å²) in [6.07, 6.45) is -3.62. The van der Waals surface area contributed by atoms with Crippen LogP contribution in [0, 0.1) is 0 Å². The number of ether oxygens (including phenoxy) is 1. The normalized spacial score (nSPS) is 13.5. The number of nitrogens with one attached hydrogen (secondary N) is 1. The average Bonchev–Trinajstić information content (AvgIpc) is 2.61. The molecule has 1 aromatic heterocycles. The lowest BCUT2D eigenvalue weighted by Gasteiger charge is -2.24. The van der Waals surface area contributed by atoms with Crippen LogP contribution in [0.25, 0.3) is 0 Å². The largest absolute Gasteiger partial charge is 0.480 e. The molecule has 9 heteroatoms. The summed E-state index contributed by atoms with van der Waals surface area (Å²) >= 11 is 0. The van der Waals surface area contributed by atoms with E-state index < -0.39 is 29.2 Å². The molecule has 0 aliphatic heterocycles. The molecule has 144 valence electrons. The smallest absolute Gasteiger partial charge is 0.417 e. The van der Waals surface area contributed by atoms with E-state index in [0.29, 0.717) is 6.20 Å². The monoisotopic (exact) mass is 382 g/mol. The van der Waals surface area contributed by atoms with Gasteiger partial charge in [-0.05, 0) is 43.7 Å². The summed E-state index contributed by atoms with van der Waals surface area (Å²) in [5.74, 6) is -1.49. The van der Waals surface area contributed by atoms with Crippen molar-refractivity contribution in [1.82, 2.24) is 10.3 Å². The third-order valence-corrected chi connectivity index (χ3v) is 3.97. The van der Waals surface area contributed by atoms with E-state index >= 15 is 0 Å². The summed E-state index contributed by atoms with van der Waals surface area (Å²) in [7, 11) is 0. The Balaban J connectivity index is 2.07. The molecule has 0 saturated heterocycles. The van der Waals surface area contributed by atoms with Gasteiger partial charge < -0.3 is 15.2 Å². The van der Waals surface area contributed by atoms with E-state index in [1.807, 2.05) is 0 Å². The highest BCUT2D eigenvalue weighted by atomic mass is 19.4. The molecule has 2 rings (SSSR count). The molecule has 1 heterocycles. The average molecular weight is 382 g/mol. The number of rotatable bonds is 6. The number of aromatic nitrogens is 1. The zero-order valence-corrected chi connectivity index (χ0v) is 14.5. The first kappa shape index (κ1) is 20.2. The number of alkyl halides is 3. The van der Waals surface area contributed by atoms with Crippen molar-refractivity contribution in [2.75, 3.05) is 0 Å². The van der Waals surface area contributed by atoms with Crippen LogP contribution in [-0.4, -0.2) is 27.5 Å². The molecule has 1 aromatic carbocycles. The van der Waals surface area contributed by atoms with Gasteiger partial charge in [-0.25, -0.2) is 9.78 Å². The number of halogens is 3. The van der Waals surface area contributed by atoms with Crippen molar-refractivity contribution in [2.45, 2.75) is 32.0 Å². The number of carboxylic acid groups (broad SMARTS) is 1. The Labute approximate surface area is 153 Å². The molecule has 6 nitrogen and oxygen atoms in total. The Hall–Kier alpha value is -3.10. The zero-order chi connectivity index (χ0) is 20.2. The standard InChI is InChI=1S/C18H17F3N2O4/c1-3-17(2,16(25)26)23-15(24)11-4-7-13(8-5-11)27-14-9-6-12(10-22-14)18(19,20)21/h4-10H,3H2,1-2H3,(H,23,24)(H,25,26). The van der Waals surface area contributed by atoms with Crippen molar-refractivity contribution < 1.29 is 32.6 Å². The summed E-state index contributed by atoms with van der Waals surface area (Å²) in [6, 6.07) is 7.61. The van der Waals surface area contributed by atoms with Gasteiger partial charge in [0.1, 0.15) is 11.3 Å². The second-order valence-corrected chi connectivity index (χ2v) is 5.95. The fraction of sp³-hybridized carbons (Fsp3) is 0.278. The molecule has 1 amide bonds. The number of hydrogen-bond acceptors (Lipinski definition) is 4. The Morgan fingerprint density at radius 3 is 2.22 bits per heavy atom. The number of hydrogen-bond donors (Lipinski definition) is 2. The highest BCUT2D eigenvalue weighted by molar-refractivity contribution is 5.97. The van der Waals surface area contributed by atoms with Gasteiger partial charge in [0.05, 0.1) is 5.56 Å². The van der Waals surface area contributed by atoms with Crippen molar-refractivity contribution in [3.8, 4) is 11.6 Å². The van der Waals surface area contributed by atoms with Crippen molar-refractivity contribution in [1.29, 1.82) is 0 Å². The molecular formula is C18H17F3N2O4. The summed E-state index contributed by atoms with van der Waals surface area (Å²) in [6.45, 7) is 3.05. The number of pyridine rings is 1. The van der Waals surface area contributed by atoms with Crippen LogP contribution in [-0.2, 0) is 11.0 Å². The lowest BCUT2D eigenvalue weighted by molar-refractivity contribution is -0.144. The molecule has 1 unspecified atom stereocenters. The number of carboxylic acids is 1. The molecule has 1 atom stereocenters. The maximum absolute atomic E-state index is 12.5. The van der Waals surface area contributed by atoms with Gasteiger partial charge in [-0.15, -0.1) is 0 Å². The summed E-state index contributed by atoms with van der Waals surface area (Å²) in [4.78, 5) is 27.0. The van der Waals surface area contributed by atoms with E-state index in [1.54, 1.807) is 6.92 Å². The molecule has 0 aliphatic carbocycles. The fourth-order valence-electron chi connectivity index (χ4n) is 2.02. The van der Waals surface area contributed by atoms with Gasteiger partial charge in [-0.1, -0.05) is 6.92 Å². The lowest BCUT2D eigenvalue weighted by Crippen LogP contribution is -2.51. The number of nitrogens with zero attached hydrogens (tertiary/aromatic N) is 1. The van der Waals surface area contributed by atoms with E-state index in [-0.39, 0.29) is 23.6 Å². The molecule has 27 heavy (non-hydrogen) atoms. The Morgan fingerprint density at radius 2 is 1.78 bits per heavy atom. The summed E-state index contributed by atoms with van der Waals surface area (Å²) in [5, 5.41) is 11.6. The van der Waals surface area contributed by atoms with Crippen LogP contribution in [0.3, 0.4) is 0 Å². The molecule has 0 aliphatic rings. The second-order valence-electron chi connectivity index (χ2n) is 5.95. The number of amides is 1. The number of carbonyl (C=O) groups is 2. The van der Waals surface area contributed by atoms with Crippen molar-refractivity contribution >= 4 is 11.9 Å². The molecule has 0 bridgehead atoms. The molecule has 2 N–H and O–H groups in total. The lowest BCUT2D eigenvalue weighted by atomic mass is 9.98. The van der Waals surface area contributed by atoms with Crippen LogP contribution >= 0.6 is 0 Å². The quantitative estimate of drug-likeness (QED) is 0.792. The van der Waals surface area contributed by atoms with Crippen LogP contribution in [0.15, 0.2) is 42.6 Å². The van der Waals surface area contributed by atoms with Crippen LogP contribution in [0.2, 0.25) is 0 Å². The number of benzene rings is 1. The molecule has 0 saturated carbocycles. The van der Waals surface area contributed by atoms with Gasteiger partial charge in [0.25, 0.3) is 5.91 Å². The van der Waals surface area contributed by atoms with E-state index in [0.717, 1.165) is 12.1 Å². The topological polar surface area (TPSA) is 88.5 Å². The Kier molecular flexibility index (Phi) is 5.72. The van der Waals surface area contributed by atoms with Gasteiger partial charge in [0.2, 0.25) is 5.88 Å². The molecular weight excluding hydrogens is 365 g/mol. The molecule has 0 spiro atoms. The molecule has 2 aromatic rings. The van der Waals surface area contributed by atoms with Crippen LogP contribution in [0.1, 0.15) is 36.2 Å².